The molecular weight excluding hydrogens is 342 g/mol. The van der Waals surface area contributed by atoms with Gasteiger partial charge in [0.05, 0.1) is 6.61 Å². The number of alkyl halides is 1. The minimum Gasteiger partial charge on any atom is -0.360 e. The summed E-state index contributed by atoms with van der Waals surface area (Å²) in [6.45, 7) is 0.381. The Morgan fingerprint density at radius 3 is 2.35 bits per heavy atom. The molecule has 0 fully saturated rings. The van der Waals surface area contributed by atoms with Crippen LogP contribution in [0.15, 0.2) is 59.8 Å². The van der Waals surface area contributed by atoms with Gasteiger partial charge in [0, 0.05) is 5.02 Å². The summed E-state index contributed by atoms with van der Waals surface area (Å²) in [4.78, 5) is 11.0. The molecule has 2 unspecified atom stereocenters. The topological polar surface area (TPSA) is 38.7 Å². The third kappa shape index (κ3) is 4.13. The van der Waals surface area contributed by atoms with Crippen LogP contribution in [0, 0.1) is 4.91 Å². The average molecular weight is 355 g/mol. The first-order chi connectivity index (χ1) is 9.70. The molecule has 0 spiro atoms. The quantitative estimate of drug-likeness (QED) is 0.535. The number of hydrogen-bond donors (Lipinski definition) is 0. The van der Waals surface area contributed by atoms with Crippen molar-refractivity contribution in [2.45, 2.75) is 17.7 Å². The summed E-state index contributed by atoms with van der Waals surface area (Å²) in [5.74, 6) is 0. The zero-order chi connectivity index (χ0) is 14.4. The molecule has 5 heteroatoms. The van der Waals surface area contributed by atoms with Crippen LogP contribution < -0.4 is 0 Å². The molecule has 0 aliphatic carbocycles. The molecule has 104 valence electrons. The molecular formula is C15H13BrClNO2. The maximum absolute atomic E-state index is 11.0. The predicted octanol–water partition coefficient (Wildman–Crippen LogP) is 5.09. The van der Waals surface area contributed by atoms with Crippen LogP contribution in [0.5, 0.6) is 0 Å². The highest BCUT2D eigenvalue weighted by molar-refractivity contribution is 9.09. The Hall–Kier alpha value is -1.23. The number of halogens is 2. The number of nitrogens with zero attached hydrogens (tertiary/aromatic N) is 1. The maximum atomic E-state index is 11.0. The van der Waals surface area contributed by atoms with Crippen molar-refractivity contribution >= 4 is 27.5 Å². The summed E-state index contributed by atoms with van der Waals surface area (Å²) in [6, 6.07) is 16.1. The monoisotopic (exact) mass is 353 g/mol. The predicted molar refractivity (Wildman–Crippen MR) is 83.9 cm³/mol. The molecule has 0 aliphatic rings. The molecule has 20 heavy (non-hydrogen) atoms. The lowest BCUT2D eigenvalue weighted by atomic mass is 10.1. The first kappa shape index (κ1) is 15.2. The van der Waals surface area contributed by atoms with Gasteiger partial charge in [0.2, 0.25) is 0 Å². The second-order valence-electron chi connectivity index (χ2n) is 4.25. The van der Waals surface area contributed by atoms with Gasteiger partial charge in [-0.1, -0.05) is 75.2 Å². The number of nitroso groups, excluding NO2 is 1. The highest BCUT2D eigenvalue weighted by Gasteiger charge is 2.22. The zero-order valence-electron chi connectivity index (χ0n) is 10.6. The van der Waals surface area contributed by atoms with Gasteiger partial charge in [-0.15, -0.1) is 0 Å². The van der Waals surface area contributed by atoms with Gasteiger partial charge in [0.15, 0.2) is 6.04 Å². The second kappa shape index (κ2) is 7.53. The number of ether oxygens (including phenoxy) is 1. The summed E-state index contributed by atoms with van der Waals surface area (Å²) < 4.78 is 5.66. The molecule has 0 aromatic heterocycles. The Kier molecular flexibility index (Phi) is 5.71. The van der Waals surface area contributed by atoms with E-state index in [4.69, 9.17) is 16.3 Å². The van der Waals surface area contributed by atoms with E-state index in [1.165, 1.54) is 0 Å². The Balaban J connectivity index is 1.98. The molecule has 0 radical (unpaired) electrons. The van der Waals surface area contributed by atoms with Crippen LogP contribution in [0.4, 0.5) is 0 Å². The fraction of sp³-hybridized carbons (Fsp3) is 0.200. The summed E-state index contributed by atoms with van der Waals surface area (Å²) in [7, 11) is 0. The van der Waals surface area contributed by atoms with Gasteiger partial charge in [-0.25, -0.2) is 0 Å². The molecule has 0 N–H and O–H groups in total. The van der Waals surface area contributed by atoms with Crippen LogP contribution in [0.3, 0.4) is 0 Å². The van der Waals surface area contributed by atoms with Crippen molar-refractivity contribution in [2.24, 2.45) is 5.18 Å². The number of benzene rings is 2. The van der Waals surface area contributed by atoms with E-state index in [0.717, 1.165) is 11.1 Å². The van der Waals surface area contributed by atoms with E-state index in [1.807, 2.05) is 42.5 Å². The Bertz CT molecular complexity index is 548. The fourth-order valence-electron chi connectivity index (χ4n) is 1.76. The van der Waals surface area contributed by atoms with Crippen molar-refractivity contribution in [1.29, 1.82) is 0 Å². The van der Waals surface area contributed by atoms with Crippen molar-refractivity contribution in [2.75, 3.05) is 0 Å². The van der Waals surface area contributed by atoms with Crippen LogP contribution in [0.2, 0.25) is 5.02 Å². The SMILES string of the molecule is O=NC(c1ccccc1)C(Br)OCc1ccc(Cl)cc1. The molecule has 2 atom stereocenters. The zero-order valence-corrected chi connectivity index (χ0v) is 12.9. The van der Waals surface area contributed by atoms with Gasteiger partial charge >= 0.3 is 0 Å². The smallest absolute Gasteiger partial charge is 0.153 e. The van der Waals surface area contributed by atoms with Crippen molar-refractivity contribution in [3.63, 3.8) is 0 Å². The van der Waals surface area contributed by atoms with Gasteiger partial charge in [-0.2, -0.15) is 4.91 Å². The fourth-order valence-corrected chi connectivity index (χ4v) is 2.42. The van der Waals surface area contributed by atoms with E-state index in [1.54, 1.807) is 12.1 Å². The normalized spacial score (nSPS) is 13.7. The molecule has 2 rings (SSSR count). The summed E-state index contributed by atoms with van der Waals surface area (Å²) >= 11 is 9.19. The van der Waals surface area contributed by atoms with E-state index in [-0.39, 0.29) is 0 Å². The van der Waals surface area contributed by atoms with Gasteiger partial charge in [0.25, 0.3) is 0 Å². The van der Waals surface area contributed by atoms with Crippen LogP contribution >= 0.6 is 27.5 Å². The minimum atomic E-state index is -0.580. The molecule has 2 aromatic rings. The molecule has 0 heterocycles. The van der Waals surface area contributed by atoms with Crippen LogP contribution in [-0.4, -0.2) is 5.01 Å². The van der Waals surface area contributed by atoms with Gasteiger partial charge in [-0.3, -0.25) is 0 Å². The van der Waals surface area contributed by atoms with Gasteiger partial charge in [-0.05, 0) is 23.3 Å². The third-order valence-corrected chi connectivity index (χ3v) is 3.84. The first-order valence-corrected chi connectivity index (χ1v) is 7.37. The molecule has 2 aromatic carbocycles. The third-order valence-electron chi connectivity index (χ3n) is 2.83. The van der Waals surface area contributed by atoms with Gasteiger partial charge < -0.3 is 4.74 Å². The Labute approximate surface area is 131 Å². The van der Waals surface area contributed by atoms with E-state index >= 15 is 0 Å². The molecule has 0 aliphatic heterocycles. The lowest BCUT2D eigenvalue weighted by molar-refractivity contribution is 0.0873. The van der Waals surface area contributed by atoms with Crippen molar-refractivity contribution in [1.82, 2.24) is 0 Å². The van der Waals surface area contributed by atoms with E-state index < -0.39 is 11.1 Å². The van der Waals surface area contributed by atoms with Crippen molar-refractivity contribution < 1.29 is 4.74 Å². The van der Waals surface area contributed by atoms with Gasteiger partial charge in [0.1, 0.15) is 5.01 Å². The maximum Gasteiger partial charge on any atom is 0.153 e. The highest BCUT2D eigenvalue weighted by Crippen LogP contribution is 2.28. The summed E-state index contributed by atoms with van der Waals surface area (Å²) in [5.41, 5.74) is 1.80. The highest BCUT2D eigenvalue weighted by atomic mass is 79.9. The summed E-state index contributed by atoms with van der Waals surface area (Å²) in [6.07, 6.45) is 0. The molecule has 0 saturated heterocycles. The lowest BCUT2D eigenvalue weighted by Gasteiger charge is -2.17. The first-order valence-electron chi connectivity index (χ1n) is 6.08. The Morgan fingerprint density at radius 1 is 1.10 bits per heavy atom. The van der Waals surface area contributed by atoms with Crippen LogP contribution in [0.25, 0.3) is 0 Å². The molecule has 0 amide bonds. The minimum absolute atomic E-state index is 0.381. The Morgan fingerprint density at radius 2 is 1.75 bits per heavy atom. The average Bonchev–Trinajstić information content (AvgIpc) is 2.48. The van der Waals surface area contributed by atoms with Crippen LogP contribution in [0.1, 0.15) is 17.2 Å². The van der Waals surface area contributed by atoms with E-state index in [2.05, 4.69) is 21.1 Å². The molecule has 0 saturated carbocycles. The standard InChI is InChI=1S/C15H13BrClNO2/c16-15(14(18-19)12-4-2-1-3-5-12)20-10-11-6-8-13(17)9-7-11/h1-9,14-15H,10H2. The molecule has 3 nitrogen and oxygen atoms in total. The number of rotatable bonds is 6. The lowest BCUT2D eigenvalue weighted by Crippen LogP contribution is -2.14. The summed E-state index contributed by atoms with van der Waals surface area (Å²) in [5, 5.41) is 3.35. The second-order valence-corrected chi connectivity index (χ2v) is 5.59. The van der Waals surface area contributed by atoms with E-state index in [9.17, 15) is 4.91 Å². The number of hydrogen-bond acceptors (Lipinski definition) is 3. The van der Waals surface area contributed by atoms with Crippen LogP contribution in [-0.2, 0) is 11.3 Å². The van der Waals surface area contributed by atoms with E-state index in [0.29, 0.717) is 11.6 Å². The molecule has 0 bridgehead atoms. The van der Waals surface area contributed by atoms with Crippen molar-refractivity contribution in [3.8, 4) is 0 Å². The largest absolute Gasteiger partial charge is 0.360 e. The van der Waals surface area contributed by atoms with Crippen molar-refractivity contribution in [3.05, 3.63) is 75.7 Å².